The van der Waals surface area contributed by atoms with Crippen LogP contribution in [-0.2, 0) is 0 Å². The van der Waals surface area contributed by atoms with E-state index in [9.17, 15) is 0 Å². The third-order valence-corrected chi connectivity index (χ3v) is 0.285. The second-order valence-corrected chi connectivity index (χ2v) is 1.01. The minimum atomic E-state index is 0.907. The van der Waals surface area contributed by atoms with E-state index in [0.29, 0.717) is 0 Å². The van der Waals surface area contributed by atoms with E-state index in [2.05, 4.69) is 6.58 Å². The van der Waals surface area contributed by atoms with Crippen LogP contribution >= 0.6 is 0 Å². The molecule has 0 rings (SSSR count). The van der Waals surface area contributed by atoms with Crippen LogP contribution in [0.3, 0.4) is 0 Å². The van der Waals surface area contributed by atoms with E-state index in [1.807, 2.05) is 6.92 Å². The van der Waals surface area contributed by atoms with Crippen molar-refractivity contribution < 1.29 is 0 Å². The fourth-order valence-electron chi connectivity index (χ4n) is 0. The molecule has 0 nitrogen and oxygen atoms in total. The van der Waals surface area contributed by atoms with Gasteiger partial charge < -0.3 is 0 Å². The summed E-state index contributed by atoms with van der Waals surface area (Å²) in [6, 6.07) is 0. The van der Waals surface area contributed by atoms with Crippen LogP contribution in [0.5, 0.6) is 0 Å². The lowest BCUT2D eigenvalue weighted by Gasteiger charge is -1.77. The van der Waals surface area contributed by atoms with E-state index in [1.165, 1.54) is 7.17 Å². The minimum Gasteiger partial charge on any atom is -0.129 e. The van der Waals surface area contributed by atoms with E-state index in [1.54, 1.807) is 0 Å². The van der Waals surface area contributed by atoms with Gasteiger partial charge in [-0.05, 0) is 0 Å². The molecule has 0 aliphatic heterocycles. The Morgan fingerprint density at radius 2 is 2.20 bits per heavy atom. The largest absolute Gasteiger partial charge is 0.129 e. The van der Waals surface area contributed by atoms with Crippen molar-refractivity contribution in [3.8, 4) is 0 Å². The maximum Gasteiger partial charge on any atom is 0.0889 e. The third-order valence-electron chi connectivity index (χ3n) is 0.285. The lowest BCUT2D eigenvalue weighted by Crippen LogP contribution is -1.85. The number of hydrogen-bond donors (Lipinski definition) is 0. The van der Waals surface area contributed by atoms with Crippen molar-refractivity contribution in [1.29, 1.82) is 0 Å². The average molecular weight is 62.7 g/mol. The van der Waals surface area contributed by atoms with Crippen LogP contribution in [0.1, 0.15) is 6.92 Å². The number of rotatable bonds is 1. The molecule has 0 N–H and O–H groups in total. The van der Waals surface area contributed by atoms with Crippen molar-refractivity contribution >= 4 is 14.9 Å². The summed E-state index contributed by atoms with van der Waals surface area (Å²) in [6.07, 6.45) is 0. The molecule has 0 unspecified atom stereocenters. The van der Waals surface area contributed by atoms with Crippen LogP contribution in [0.15, 0.2) is 12.1 Å². The number of allylic oxidation sites excluding steroid dienone is 1. The Morgan fingerprint density at radius 3 is 2.20 bits per heavy atom. The Kier molecular flexibility index (Phi) is 2.07. The van der Waals surface area contributed by atoms with Gasteiger partial charge in [0.05, 0.1) is 7.17 Å². The Morgan fingerprint density at radius 1 is 2.00 bits per heavy atom. The first kappa shape index (κ1) is 4.87. The Labute approximate surface area is 34.9 Å². The van der Waals surface area contributed by atoms with Gasteiger partial charge in [0.2, 0.25) is 0 Å². The summed E-state index contributed by atoms with van der Waals surface area (Å²) in [5, 5.41) is 0. The summed E-state index contributed by atoms with van der Waals surface area (Å²) < 4.78 is 0. The second-order valence-electron chi connectivity index (χ2n) is 1.01. The highest BCUT2D eigenvalue weighted by molar-refractivity contribution is 6.93. The third kappa shape index (κ3) is 3.87. The van der Waals surface area contributed by atoms with Crippen LogP contribution in [-0.4, -0.2) is 14.9 Å². The molecule has 0 aromatic rings. The van der Waals surface area contributed by atoms with E-state index in [4.69, 9.17) is 7.74 Å². The Bertz CT molecular complexity index is 40.2. The van der Waals surface area contributed by atoms with Gasteiger partial charge in [0.1, 0.15) is 0 Å². The topological polar surface area (TPSA) is 0 Å². The van der Waals surface area contributed by atoms with Crippen LogP contribution in [0, 0.1) is 0 Å². The molecule has 0 heterocycles. The maximum absolute atomic E-state index is 4.95. The van der Waals surface area contributed by atoms with Gasteiger partial charge in [-0.25, -0.2) is 0 Å². The highest BCUT2D eigenvalue weighted by Crippen LogP contribution is 1.72. The van der Waals surface area contributed by atoms with Crippen molar-refractivity contribution in [3.05, 3.63) is 12.1 Å². The van der Waals surface area contributed by atoms with Crippen molar-refractivity contribution in [2.24, 2.45) is 0 Å². The fraction of sp³-hybridized carbons (Fsp3) is 0.333. The molecule has 0 amide bonds. The fourth-order valence-corrected chi connectivity index (χ4v) is 0. The molecule has 0 saturated heterocycles. The summed E-state index contributed by atoms with van der Waals surface area (Å²) in [5.41, 5.74) is 0.907. The van der Waals surface area contributed by atoms with Gasteiger partial charge in [-0.15, -0.1) is 12.1 Å². The van der Waals surface area contributed by atoms with Crippen LogP contribution in [0.25, 0.3) is 0 Å². The lowest BCUT2D eigenvalue weighted by atomic mass is 9.51. The van der Waals surface area contributed by atoms with E-state index in [-0.39, 0.29) is 0 Å². The standard InChI is InChI=1S/C3H5B2/c1-3(2)5-4/h1H2,2H3. The van der Waals surface area contributed by atoms with Gasteiger partial charge in [-0.1, -0.05) is 6.92 Å². The first-order valence-corrected chi connectivity index (χ1v) is 1.48. The van der Waals surface area contributed by atoms with E-state index >= 15 is 0 Å². The molecule has 3 radical (unpaired) electrons. The molecule has 2 heteroatoms. The zero-order valence-electron chi connectivity index (χ0n) is 3.36. The zero-order chi connectivity index (χ0) is 4.28. The number of hydrogen-bond acceptors (Lipinski definition) is 0. The quantitative estimate of drug-likeness (QED) is 0.384. The Balaban J connectivity index is 2.85. The molecule has 0 atom stereocenters. The second kappa shape index (κ2) is 2.13. The maximum atomic E-state index is 4.95. The highest BCUT2D eigenvalue weighted by atomic mass is 13.5. The summed E-state index contributed by atoms with van der Waals surface area (Å²) >= 11 is 0. The molecule has 0 aliphatic rings. The van der Waals surface area contributed by atoms with Crippen molar-refractivity contribution in [2.75, 3.05) is 0 Å². The van der Waals surface area contributed by atoms with Gasteiger partial charge >= 0.3 is 0 Å². The summed E-state index contributed by atoms with van der Waals surface area (Å²) in [6.45, 7) is 5.34. The minimum absolute atomic E-state index is 0.907. The molecule has 0 aromatic carbocycles. The first-order valence-electron chi connectivity index (χ1n) is 1.48. The SMILES string of the molecule is [B][B]C(=C)C. The van der Waals surface area contributed by atoms with Crippen LogP contribution in [0.4, 0.5) is 0 Å². The summed E-state index contributed by atoms with van der Waals surface area (Å²) in [7, 11) is 6.42. The molecule has 5 heavy (non-hydrogen) atoms. The molecular formula is C3H5B2. The normalized spacial score (nSPS) is 6.60. The van der Waals surface area contributed by atoms with Gasteiger partial charge in [0.15, 0.2) is 0 Å². The molecule has 0 saturated carbocycles. The van der Waals surface area contributed by atoms with E-state index in [0.717, 1.165) is 5.47 Å². The molecular weight excluding hydrogens is 57.7 g/mol. The van der Waals surface area contributed by atoms with Gasteiger partial charge in [0.25, 0.3) is 0 Å². The molecule has 0 spiro atoms. The van der Waals surface area contributed by atoms with Crippen molar-refractivity contribution in [2.45, 2.75) is 6.92 Å². The molecule has 0 fully saturated rings. The zero-order valence-corrected chi connectivity index (χ0v) is 3.36. The van der Waals surface area contributed by atoms with Crippen molar-refractivity contribution in [3.63, 3.8) is 0 Å². The van der Waals surface area contributed by atoms with Gasteiger partial charge in [-0.2, -0.15) is 0 Å². The monoisotopic (exact) mass is 63.1 g/mol. The van der Waals surface area contributed by atoms with Crippen molar-refractivity contribution in [1.82, 2.24) is 0 Å². The predicted molar refractivity (Wildman–Crippen MR) is 26.3 cm³/mol. The molecule has 0 aromatic heterocycles. The van der Waals surface area contributed by atoms with Crippen LogP contribution in [0.2, 0.25) is 0 Å². The average Bonchev–Trinajstić information content (AvgIpc) is 1.38. The van der Waals surface area contributed by atoms with E-state index < -0.39 is 0 Å². The lowest BCUT2D eigenvalue weighted by molar-refractivity contribution is 1.71. The Hall–Kier alpha value is -0.130. The van der Waals surface area contributed by atoms with Crippen LogP contribution < -0.4 is 0 Å². The molecule has 0 bridgehead atoms. The van der Waals surface area contributed by atoms with Gasteiger partial charge in [0, 0.05) is 7.74 Å². The molecule has 23 valence electrons. The molecule has 0 aliphatic carbocycles. The summed E-state index contributed by atoms with van der Waals surface area (Å²) in [4.78, 5) is 0. The smallest absolute Gasteiger partial charge is 0.0889 e. The first-order chi connectivity index (χ1) is 2.27. The predicted octanol–water partition coefficient (Wildman–Crippen LogP) is 0.308. The summed E-state index contributed by atoms with van der Waals surface area (Å²) in [5.74, 6) is 0. The van der Waals surface area contributed by atoms with Gasteiger partial charge in [-0.3, -0.25) is 0 Å². The highest BCUT2D eigenvalue weighted by Gasteiger charge is 1.70.